The molecule has 0 spiro atoms. The van der Waals surface area contributed by atoms with Crippen molar-refractivity contribution in [2.24, 2.45) is 0 Å². The number of nitrogens with one attached hydrogen (secondary N) is 1. The van der Waals surface area contributed by atoms with Gasteiger partial charge < -0.3 is 10.1 Å². The van der Waals surface area contributed by atoms with Crippen LogP contribution in [0.2, 0.25) is 0 Å². The highest BCUT2D eigenvalue weighted by molar-refractivity contribution is 5.91. The lowest BCUT2D eigenvalue weighted by Crippen LogP contribution is -2.12. The van der Waals surface area contributed by atoms with Crippen LogP contribution in [0.25, 0.3) is 22.4 Å². The number of fused-ring (bicyclic) bond motifs is 1. The average molecular weight is 481 g/mol. The second kappa shape index (κ2) is 8.68. The van der Waals surface area contributed by atoms with Crippen LogP contribution in [0.1, 0.15) is 18.1 Å². The minimum atomic E-state index is -4.71. The monoisotopic (exact) mass is 481 g/mol. The first kappa shape index (κ1) is 23.1. The van der Waals surface area contributed by atoms with E-state index in [9.17, 15) is 26.3 Å². The Morgan fingerprint density at radius 1 is 0.882 bits per heavy atom. The molecule has 0 amide bonds. The largest absolute Gasteiger partial charge is 0.477 e. The lowest BCUT2D eigenvalue weighted by atomic mass is 10.1. The maximum absolute atomic E-state index is 13.3. The lowest BCUT2D eigenvalue weighted by Gasteiger charge is -2.14. The van der Waals surface area contributed by atoms with E-state index in [-0.39, 0.29) is 23.9 Å². The lowest BCUT2D eigenvalue weighted by molar-refractivity contribution is -0.139. The van der Waals surface area contributed by atoms with Crippen molar-refractivity contribution < 1.29 is 31.1 Å². The molecule has 0 radical (unpaired) electrons. The van der Waals surface area contributed by atoms with Gasteiger partial charge in [-0.3, -0.25) is 0 Å². The summed E-state index contributed by atoms with van der Waals surface area (Å²) < 4.78 is 84.4. The standard InChI is InChI=1S/C20H13F6N7O/c1-2-34-17-12(20(24,25)26)8-29-18(33-17)32-13-5-6-28-16-10(13)3-4-14(31-16)15-11(19(21,22)23)7-27-9-30-15/h3-9H,2H2,1H3,(H,28,29,31,32,33). The molecule has 0 bridgehead atoms. The summed E-state index contributed by atoms with van der Waals surface area (Å²) in [5, 5.41) is 3.12. The second-order valence-corrected chi connectivity index (χ2v) is 6.68. The number of alkyl halides is 6. The van der Waals surface area contributed by atoms with Crippen LogP contribution in [0.3, 0.4) is 0 Å². The molecule has 14 heteroatoms. The van der Waals surface area contributed by atoms with Crippen LogP contribution in [-0.2, 0) is 12.4 Å². The van der Waals surface area contributed by atoms with Gasteiger partial charge in [0.25, 0.3) is 0 Å². The van der Waals surface area contributed by atoms with E-state index in [2.05, 4.69) is 35.2 Å². The fourth-order valence-corrected chi connectivity index (χ4v) is 3.00. The number of anilines is 2. The Kier molecular flexibility index (Phi) is 5.89. The smallest absolute Gasteiger partial charge is 0.423 e. The molecule has 0 aliphatic carbocycles. The van der Waals surface area contributed by atoms with E-state index in [1.807, 2.05) is 0 Å². The molecule has 176 valence electrons. The van der Waals surface area contributed by atoms with Crippen LogP contribution in [0.15, 0.2) is 43.1 Å². The first-order valence-electron chi connectivity index (χ1n) is 9.55. The number of hydrogen-bond acceptors (Lipinski definition) is 8. The molecule has 0 saturated heterocycles. The van der Waals surface area contributed by atoms with Crippen LogP contribution in [-0.4, -0.2) is 36.5 Å². The second-order valence-electron chi connectivity index (χ2n) is 6.68. The van der Waals surface area contributed by atoms with Gasteiger partial charge in [-0.05, 0) is 25.1 Å². The highest BCUT2D eigenvalue weighted by atomic mass is 19.4. The van der Waals surface area contributed by atoms with Crippen molar-refractivity contribution >= 4 is 22.7 Å². The van der Waals surface area contributed by atoms with Crippen molar-refractivity contribution in [2.75, 3.05) is 11.9 Å². The predicted octanol–water partition coefficient (Wildman–Crippen LogP) is 5.06. The van der Waals surface area contributed by atoms with Gasteiger partial charge in [0.15, 0.2) is 5.65 Å². The van der Waals surface area contributed by atoms with Gasteiger partial charge in [0.2, 0.25) is 11.8 Å². The summed E-state index contributed by atoms with van der Waals surface area (Å²) in [4.78, 5) is 22.8. The van der Waals surface area contributed by atoms with Crippen molar-refractivity contribution in [3.05, 3.63) is 54.2 Å². The number of hydrogen-bond donors (Lipinski definition) is 1. The van der Waals surface area contributed by atoms with Crippen molar-refractivity contribution in [1.82, 2.24) is 29.9 Å². The third kappa shape index (κ3) is 4.65. The summed E-state index contributed by atoms with van der Waals surface area (Å²) in [7, 11) is 0. The van der Waals surface area contributed by atoms with E-state index in [4.69, 9.17) is 4.74 Å². The van der Waals surface area contributed by atoms with Gasteiger partial charge in [0, 0.05) is 24.0 Å². The SMILES string of the molecule is CCOc1nc(Nc2ccnc3nc(-c4ncncc4C(F)(F)F)ccc23)ncc1C(F)(F)F. The molecule has 4 heterocycles. The molecule has 1 N–H and O–H groups in total. The van der Waals surface area contributed by atoms with Gasteiger partial charge in [-0.25, -0.2) is 24.9 Å². The Morgan fingerprint density at radius 3 is 2.35 bits per heavy atom. The molecule has 34 heavy (non-hydrogen) atoms. The minimum absolute atomic E-state index is 0.0482. The first-order valence-corrected chi connectivity index (χ1v) is 9.55. The number of rotatable bonds is 5. The predicted molar refractivity (Wildman–Crippen MR) is 107 cm³/mol. The Morgan fingerprint density at radius 2 is 1.65 bits per heavy atom. The third-order valence-corrected chi connectivity index (χ3v) is 4.45. The topological polar surface area (TPSA) is 98.6 Å². The van der Waals surface area contributed by atoms with E-state index in [0.717, 1.165) is 6.33 Å². The fourth-order valence-electron chi connectivity index (χ4n) is 3.00. The van der Waals surface area contributed by atoms with Crippen LogP contribution in [0, 0.1) is 0 Å². The molecule has 0 saturated carbocycles. The third-order valence-electron chi connectivity index (χ3n) is 4.45. The van der Waals surface area contributed by atoms with Crippen molar-refractivity contribution in [2.45, 2.75) is 19.3 Å². The van der Waals surface area contributed by atoms with Gasteiger partial charge >= 0.3 is 12.4 Å². The zero-order valence-corrected chi connectivity index (χ0v) is 17.1. The van der Waals surface area contributed by atoms with E-state index in [0.29, 0.717) is 23.5 Å². The van der Waals surface area contributed by atoms with Gasteiger partial charge in [-0.15, -0.1) is 0 Å². The number of aromatic nitrogens is 6. The van der Waals surface area contributed by atoms with Crippen molar-refractivity contribution in [3.8, 4) is 17.3 Å². The Labute approximate surface area is 187 Å². The molecule has 4 aromatic rings. The van der Waals surface area contributed by atoms with Gasteiger partial charge in [-0.1, -0.05) is 0 Å². The maximum Gasteiger partial charge on any atom is 0.423 e. The molecule has 0 aromatic carbocycles. The fraction of sp³-hybridized carbons (Fsp3) is 0.200. The quantitative estimate of drug-likeness (QED) is 0.395. The zero-order chi connectivity index (χ0) is 24.5. The van der Waals surface area contributed by atoms with E-state index in [1.54, 1.807) is 0 Å². The minimum Gasteiger partial charge on any atom is -0.477 e. The van der Waals surface area contributed by atoms with Crippen LogP contribution < -0.4 is 10.1 Å². The Hall–Kier alpha value is -4.10. The number of halogens is 6. The molecule has 0 unspecified atom stereocenters. The molecule has 0 atom stereocenters. The van der Waals surface area contributed by atoms with Crippen molar-refractivity contribution in [3.63, 3.8) is 0 Å². The highest BCUT2D eigenvalue weighted by Crippen LogP contribution is 2.37. The molecular weight excluding hydrogens is 468 g/mol. The molecular formula is C20H13F6N7O. The Balaban J connectivity index is 1.72. The van der Waals surface area contributed by atoms with Gasteiger partial charge in [0.1, 0.15) is 23.1 Å². The molecule has 4 rings (SSSR count). The van der Waals surface area contributed by atoms with E-state index in [1.165, 1.54) is 31.3 Å². The number of nitrogens with zero attached hydrogens (tertiary/aromatic N) is 6. The molecule has 0 aliphatic rings. The summed E-state index contributed by atoms with van der Waals surface area (Å²) in [5.74, 6) is -0.835. The zero-order valence-electron chi connectivity index (χ0n) is 17.1. The normalized spacial score (nSPS) is 12.1. The summed E-state index contributed by atoms with van der Waals surface area (Å²) in [5.41, 5.74) is -2.32. The highest BCUT2D eigenvalue weighted by Gasteiger charge is 2.37. The first-order chi connectivity index (χ1) is 16.1. The number of ether oxygens (including phenoxy) is 1. The molecule has 8 nitrogen and oxygen atoms in total. The van der Waals surface area contributed by atoms with Crippen LogP contribution in [0.4, 0.5) is 38.0 Å². The van der Waals surface area contributed by atoms with Crippen LogP contribution in [0.5, 0.6) is 5.88 Å². The summed E-state index contributed by atoms with van der Waals surface area (Å²) in [6.07, 6.45) is -5.87. The Bertz CT molecular complexity index is 1340. The number of pyridine rings is 2. The maximum atomic E-state index is 13.3. The van der Waals surface area contributed by atoms with Gasteiger partial charge in [0.05, 0.1) is 18.0 Å². The summed E-state index contributed by atoms with van der Waals surface area (Å²) in [6, 6.07) is 4.24. The average Bonchev–Trinajstić information content (AvgIpc) is 2.78. The van der Waals surface area contributed by atoms with E-state index >= 15 is 0 Å². The molecule has 0 fully saturated rings. The summed E-state index contributed by atoms with van der Waals surface area (Å²) >= 11 is 0. The van der Waals surface area contributed by atoms with Crippen molar-refractivity contribution in [1.29, 1.82) is 0 Å². The van der Waals surface area contributed by atoms with Crippen LogP contribution >= 0.6 is 0 Å². The molecule has 4 aromatic heterocycles. The molecule has 0 aliphatic heterocycles. The summed E-state index contributed by atoms with van der Waals surface area (Å²) in [6.45, 7) is 1.46. The van der Waals surface area contributed by atoms with Gasteiger partial charge in [-0.2, -0.15) is 31.3 Å². The van der Waals surface area contributed by atoms with E-state index < -0.39 is 35.1 Å².